The molecule has 0 aliphatic carbocycles. The molecule has 0 unspecified atom stereocenters. The van der Waals surface area contributed by atoms with Crippen molar-refractivity contribution in [3.63, 3.8) is 0 Å². The van der Waals surface area contributed by atoms with E-state index < -0.39 is 35.8 Å². The van der Waals surface area contributed by atoms with Gasteiger partial charge in [-0.05, 0) is 18.2 Å². The summed E-state index contributed by atoms with van der Waals surface area (Å²) in [6, 6.07) is 3.20. The molecule has 2 N–H and O–H groups in total. The van der Waals surface area contributed by atoms with Gasteiger partial charge in [-0.3, -0.25) is 4.79 Å². The van der Waals surface area contributed by atoms with Crippen LogP contribution in [0.3, 0.4) is 0 Å². The lowest BCUT2D eigenvalue weighted by Gasteiger charge is -2.16. The minimum absolute atomic E-state index is 0.191. The first kappa shape index (κ1) is 16.3. The quantitative estimate of drug-likeness (QED) is 0.894. The molecule has 1 aromatic rings. The van der Waals surface area contributed by atoms with Crippen LogP contribution in [0.2, 0.25) is 0 Å². The summed E-state index contributed by atoms with van der Waals surface area (Å²) in [6.45, 7) is -0.603. The number of carbonyl (C=O) groups is 2. The van der Waals surface area contributed by atoms with Gasteiger partial charge < -0.3 is 15.3 Å². The van der Waals surface area contributed by atoms with Gasteiger partial charge in [-0.1, -0.05) is 0 Å². The molecule has 21 heavy (non-hydrogen) atoms. The van der Waals surface area contributed by atoms with Crippen LogP contribution in [0.4, 0.5) is 23.7 Å². The molecule has 0 heterocycles. The highest BCUT2D eigenvalue weighted by atomic mass is 19.4. The summed E-state index contributed by atoms with van der Waals surface area (Å²) in [4.78, 5) is 22.8. The summed E-state index contributed by atoms with van der Waals surface area (Å²) in [5.74, 6) is -1.26. The number of hydrogen-bond donors (Lipinski definition) is 2. The third-order valence-electron chi connectivity index (χ3n) is 2.42. The molecule has 0 aliphatic rings. The number of alkyl halides is 3. The number of nitrogens with one attached hydrogen (secondary N) is 1. The van der Waals surface area contributed by atoms with Crippen molar-refractivity contribution in [3.8, 4) is 6.07 Å². The first-order chi connectivity index (χ1) is 9.65. The molecule has 0 fully saturated rings. The fourth-order valence-corrected chi connectivity index (χ4v) is 1.45. The Bertz CT molecular complexity index is 608. The second-order valence-electron chi connectivity index (χ2n) is 4.05. The molecule has 0 spiro atoms. The number of likely N-dealkylation sites (N-methyl/N-ethyl adjacent to an activating group) is 1. The van der Waals surface area contributed by atoms with Crippen molar-refractivity contribution in [1.29, 1.82) is 5.26 Å². The summed E-state index contributed by atoms with van der Waals surface area (Å²) in [5, 5.41) is 19.3. The fraction of sp³-hybridized carbons (Fsp3) is 0.250. The molecule has 2 amide bonds. The minimum atomic E-state index is -4.74. The number of carboxylic acids is 1. The zero-order chi connectivity index (χ0) is 16.2. The van der Waals surface area contributed by atoms with E-state index in [1.165, 1.54) is 13.1 Å². The molecule has 0 saturated carbocycles. The molecule has 1 aromatic carbocycles. The maximum Gasteiger partial charge on any atom is 0.417 e. The highest BCUT2D eigenvalue weighted by Gasteiger charge is 2.34. The normalized spacial score (nSPS) is 10.6. The van der Waals surface area contributed by atoms with Gasteiger partial charge in [0.1, 0.15) is 6.54 Å². The van der Waals surface area contributed by atoms with Crippen LogP contribution in [0.25, 0.3) is 0 Å². The van der Waals surface area contributed by atoms with Crippen molar-refractivity contribution < 1.29 is 27.9 Å². The number of amides is 2. The van der Waals surface area contributed by atoms with Gasteiger partial charge in [0, 0.05) is 12.7 Å². The Hall–Kier alpha value is -2.76. The van der Waals surface area contributed by atoms with Gasteiger partial charge in [0.15, 0.2) is 0 Å². The first-order valence-corrected chi connectivity index (χ1v) is 5.50. The lowest BCUT2D eigenvalue weighted by Crippen LogP contribution is -2.35. The van der Waals surface area contributed by atoms with E-state index >= 15 is 0 Å². The molecule has 112 valence electrons. The molecule has 6 nitrogen and oxygen atoms in total. The Morgan fingerprint density at radius 1 is 1.43 bits per heavy atom. The largest absolute Gasteiger partial charge is 0.480 e. The first-order valence-electron chi connectivity index (χ1n) is 5.50. The SMILES string of the molecule is CN(CC(=O)O)C(=O)Nc1ccc(C#N)c(C(F)(F)F)c1. The molecule has 0 aliphatic heterocycles. The molecular weight excluding hydrogens is 291 g/mol. The number of nitrogens with zero attached hydrogens (tertiary/aromatic N) is 2. The van der Waals surface area contributed by atoms with Gasteiger partial charge in [-0.15, -0.1) is 0 Å². The molecule has 0 bridgehead atoms. The number of rotatable bonds is 3. The Labute approximate surface area is 117 Å². The van der Waals surface area contributed by atoms with E-state index in [1.807, 2.05) is 0 Å². The monoisotopic (exact) mass is 301 g/mol. The molecule has 0 radical (unpaired) electrons. The number of benzene rings is 1. The Balaban J connectivity index is 2.98. The smallest absolute Gasteiger partial charge is 0.417 e. The summed E-state index contributed by atoms with van der Waals surface area (Å²) < 4.78 is 38.2. The zero-order valence-electron chi connectivity index (χ0n) is 10.7. The Morgan fingerprint density at radius 2 is 2.05 bits per heavy atom. The highest BCUT2D eigenvalue weighted by Crippen LogP contribution is 2.33. The second-order valence-corrected chi connectivity index (χ2v) is 4.05. The van der Waals surface area contributed by atoms with E-state index in [1.54, 1.807) is 0 Å². The number of hydrogen-bond acceptors (Lipinski definition) is 3. The number of carbonyl (C=O) groups excluding carboxylic acids is 1. The van der Waals surface area contributed by atoms with Gasteiger partial charge in [-0.25, -0.2) is 4.79 Å². The molecule has 9 heteroatoms. The van der Waals surface area contributed by atoms with Gasteiger partial charge in [-0.2, -0.15) is 18.4 Å². The number of aliphatic carboxylic acids is 1. The van der Waals surface area contributed by atoms with Crippen LogP contribution in [0.1, 0.15) is 11.1 Å². The van der Waals surface area contributed by atoms with Crippen LogP contribution in [0, 0.1) is 11.3 Å². The van der Waals surface area contributed by atoms with Crippen LogP contribution < -0.4 is 5.32 Å². The average molecular weight is 301 g/mol. The number of nitriles is 1. The lowest BCUT2D eigenvalue weighted by molar-refractivity contribution is -0.138. The van der Waals surface area contributed by atoms with E-state index in [2.05, 4.69) is 5.32 Å². The van der Waals surface area contributed by atoms with E-state index in [4.69, 9.17) is 10.4 Å². The van der Waals surface area contributed by atoms with E-state index in [-0.39, 0.29) is 5.69 Å². The predicted molar refractivity (Wildman–Crippen MR) is 65.4 cm³/mol. The van der Waals surface area contributed by atoms with Crippen molar-refractivity contribution in [3.05, 3.63) is 29.3 Å². The van der Waals surface area contributed by atoms with Crippen molar-refractivity contribution in [2.75, 3.05) is 18.9 Å². The average Bonchev–Trinajstić information content (AvgIpc) is 2.36. The van der Waals surface area contributed by atoms with Crippen LogP contribution >= 0.6 is 0 Å². The van der Waals surface area contributed by atoms with Crippen molar-refractivity contribution >= 4 is 17.7 Å². The van der Waals surface area contributed by atoms with Crippen molar-refractivity contribution in [2.45, 2.75) is 6.18 Å². The van der Waals surface area contributed by atoms with Crippen molar-refractivity contribution in [2.24, 2.45) is 0 Å². The summed E-state index contributed by atoms with van der Waals surface area (Å²) in [5.41, 5.74) is -1.94. The number of urea groups is 1. The van der Waals surface area contributed by atoms with Gasteiger partial charge in [0.2, 0.25) is 0 Å². The fourth-order valence-electron chi connectivity index (χ4n) is 1.45. The third kappa shape index (κ3) is 4.38. The zero-order valence-corrected chi connectivity index (χ0v) is 10.7. The summed E-state index contributed by atoms with van der Waals surface area (Å²) >= 11 is 0. The molecule has 0 saturated heterocycles. The summed E-state index contributed by atoms with van der Waals surface area (Å²) in [7, 11) is 1.18. The third-order valence-corrected chi connectivity index (χ3v) is 2.42. The van der Waals surface area contributed by atoms with E-state index in [0.717, 1.165) is 17.0 Å². The Morgan fingerprint density at radius 3 is 2.52 bits per heavy atom. The standard InChI is InChI=1S/C12H10F3N3O3/c1-18(6-10(19)20)11(21)17-8-3-2-7(5-16)9(4-8)12(13,14)15/h2-4H,6H2,1H3,(H,17,21)(H,19,20). The summed E-state index contributed by atoms with van der Waals surface area (Å²) in [6.07, 6.45) is -4.74. The van der Waals surface area contributed by atoms with E-state index in [0.29, 0.717) is 6.07 Å². The molecule has 1 rings (SSSR count). The topological polar surface area (TPSA) is 93.4 Å². The van der Waals surface area contributed by atoms with Crippen LogP contribution in [0.5, 0.6) is 0 Å². The van der Waals surface area contributed by atoms with Gasteiger partial charge in [0.25, 0.3) is 0 Å². The van der Waals surface area contributed by atoms with Crippen LogP contribution in [-0.2, 0) is 11.0 Å². The molecular formula is C12H10F3N3O3. The number of carboxylic acid groups (broad SMARTS) is 1. The van der Waals surface area contributed by atoms with E-state index in [9.17, 15) is 22.8 Å². The van der Waals surface area contributed by atoms with Gasteiger partial charge >= 0.3 is 18.2 Å². The van der Waals surface area contributed by atoms with Crippen LogP contribution in [0.15, 0.2) is 18.2 Å². The van der Waals surface area contributed by atoms with Gasteiger partial charge in [0.05, 0.1) is 17.2 Å². The maximum absolute atomic E-state index is 12.7. The van der Waals surface area contributed by atoms with Crippen LogP contribution in [-0.4, -0.2) is 35.6 Å². The number of anilines is 1. The second kappa shape index (κ2) is 6.13. The Kier molecular flexibility index (Phi) is 4.75. The predicted octanol–water partition coefficient (Wildman–Crippen LogP) is 2.13. The minimum Gasteiger partial charge on any atom is -0.480 e. The van der Waals surface area contributed by atoms with Crippen molar-refractivity contribution in [1.82, 2.24) is 4.90 Å². The lowest BCUT2D eigenvalue weighted by atomic mass is 10.1. The number of halogens is 3. The maximum atomic E-state index is 12.7. The highest BCUT2D eigenvalue weighted by molar-refractivity contribution is 5.91. The molecule has 0 atom stereocenters. The molecule has 0 aromatic heterocycles.